The Bertz CT molecular complexity index is 415. The third kappa shape index (κ3) is 6.26. The van der Waals surface area contributed by atoms with E-state index < -0.39 is 0 Å². The Morgan fingerprint density at radius 1 is 1.42 bits per heavy atom. The maximum Gasteiger partial charge on any atom is 0.137 e. The summed E-state index contributed by atoms with van der Waals surface area (Å²) in [7, 11) is 0. The van der Waals surface area contributed by atoms with Crippen molar-refractivity contribution in [2.24, 2.45) is 5.92 Å². The Labute approximate surface area is 125 Å². The number of hydrogen-bond donors (Lipinski definition) is 1. The van der Waals surface area contributed by atoms with Crippen LogP contribution in [0.2, 0.25) is 0 Å². The normalized spacial score (nSPS) is 10.8. The van der Waals surface area contributed by atoms with E-state index in [0.717, 1.165) is 35.3 Å². The number of halogens is 1. The average molecular weight is 326 g/mol. The van der Waals surface area contributed by atoms with Crippen LogP contribution in [0.3, 0.4) is 0 Å². The van der Waals surface area contributed by atoms with Crippen LogP contribution in [0.1, 0.15) is 32.8 Å². The van der Waals surface area contributed by atoms with Crippen molar-refractivity contribution in [3.63, 3.8) is 0 Å². The molecule has 106 valence electrons. The van der Waals surface area contributed by atoms with Gasteiger partial charge in [0.1, 0.15) is 5.75 Å². The van der Waals surface area contributed by atoms with Crippen LogP contribution < -0.4 is 10.1 Å². The van der Waals surface area contributed by atoms with Crippen LogP contribution in [0, 0.1) is 5.92 Å². The SMILES string of the molecule is C=C(C)CCOc1c(Br)cccc1CNCC(C)C. The number of rotatable bonds is 8. The Balaban J connectivity index is 2.63. The fourth-order valence-electron chi connectivity index (χ4n) is 1.68. The van der Waals surface area contributed by atoms with Gasteiger partial charge in [-0.05, 0) is 41.4 Å². The van der Waals surface area contributed by atoms with Crippen LogP contribution in [-0.4, -0.2) is 13.2 Å². The predicted molar refractivity (Wildman–Crippen MR) is 85.6 cm³/mol. The third-order valence-electron chi connectivity index (χ3n) is 2.69. The minimum atomic E-state index is 0.653. The molecule has 0 heterocycles. The molecule has 0 spiro atoms. The zero-order valence-electron chi connectivity index (χ0n) is 12.1. The molecule has 0 aromatic heterocycles. The zero-order chi connectivity index (χ0) is 14.3. The van der Waals surface area contributed by atoms with Gasteiger partial charge in [-0.25, -0.2) is 0 Å². The molecule has 0 atom stereocenters. The van der Waals surface area contributed by atoms with Crippen molar-refractivity contribution < 1.29 is 4.74 Å². The molecular weight excluding hydrogens is 302 g/mol. The minimum absolute atomic E-state index is 0.653. The molecule has 0 radical (unpaired) electrons. The number of nitrogens with one attached hydrogen (secondary N) is 1. The Morgan fingerprint density at radius 3 is 2.79 bits per heavy atom. The van der Waals surface area contributed by atoms with Gasteiger partial charge in [0.05, 0.1) is 11.1 Å². The second-order valence-corrected chi connectivity index (χ2v) is 6.16. The highest BCUT2D eigenvalue weighted by Gasteiger charge is 2.08. The van der Waals surface area contributed by atoms with Gasteiger partial charge in [0.2, 0.25) is 0 Å². The van der Waals surface area contributed by atoms with Crippen LogP contribution in [-0.2, 0) is 6.54 Å². The Morgan fingerprint density at radius 2 is 2.16 bits per heavy atom. The largest absolute Gasteiger partial charge is 0.492 e. The lowest BCUT2D eigenvalue weighted by molar-refractivity contribution is 0.315. The molecule has 0 fully saturated rings. The van der Waals surface area contributed by atoms with E-state index >= 15 is 0 Å². The molecular formula is C16H24BrNO. The van der Waals surface area contributed by atoms with Gasteiger partial charge in [-0.1, -0.05) is 31.6 Å². The highest BCUT2D eigenvalue weighted by atomic mass is 79.9. The van der Waals surface area contributed by atoms with Gasteiger partial charge >= 0.3 is 0 Å². The molecule has 19 heavy (non-hydrogen) atoms. The van der Waals surface area contributed by atoms with Gasteiger partial charge in [-0.3, -0.25) is 0 Å². The first-order chi connectivity index (χ1) is 9.00. The second-order valence-electron chi connectivity index (χ2n) is 5.31. The summed E-state index contributed by atoms with van der Waals surface area (Å²) in [5, 5.41) is 3.45. The maximum absolute atomic E-state index is 5.89. The van der Waals surface area contributed by atoms with Crippen LogP contribution in [0.4, 0.5) is 0 Å². The molecule has 3 heteroatoms. The highest BCUT2D eigenvalue weighted by molar-refractivity contribution is 9.10. The van der Waals surface area contributed by atoms with Gasteiger partial charge in [0.25, 0.3) is 0 Å². The molecule has 2 nitrogen and oxygen atoms in total. The monoisotopic (exact) mass is 325 g/mol. The average Bonchev–Trinajstić information content (AvgIpc) is 2.31. The first-order valence-corrected chi connectivity index (χ1v) is 7.55. The lowest BCUT2D eigenvalue weighted by atomic mass is 10.1. The van der Waals surface area contributed by atoms with Crippen molar-refractivity contribution >= 4 is 15.9 Å². The van der Waals surface area contributed by atoms with Gasteiger partial charge in [-0.15, -0.1) is 6.58 Å². The predicted octanol–water partition coefficient (Wildman–Crippen LogP) is 4.54. The lowest BCUT2D eigenvalue weighted by Crippen LogP contribution is -2.19. The summed E-state index contributed by atoms with van der Waals surface area (Å²) in [5.74, 6) is 1.60. The molecule has 0 bridgehead atoms. The van der Waals surface area contributed by atoms with E-state index in [2.05, 4.69) is 47.7 Å². The van der Waals surface area contributed by atoms with Crippen LogP contribution in [0.15, 0.2) is 34.8 Å². The zero-order valence-corrected chi connectivity index (χ0v) is 13.7. The van der Waals surface area contributed by atoms with E-state index in [-0.39, 0.29) is 0 Å². The second kappa shape index (κ2) is 8.39. The van der Waals surface area contributed by atoms with Crippen molar-refractivity contribution in [2.45, 2.75) is 33.7 Å². The summed E-state index contributed by atoms with van der Waals surface area (Å²) in [6, 6.07) is 6.16. The van der Waals surface area contributed by atoms with Crippen molar-refractivity contribution in [1.29, 1.82) is 0 Å². The van der Waals surface area contributed by atoms with Gasteiger partial charge in [-0.2, -0.15) is 0 Å². The summed E-state index contributed by atoms with van der Waals surface area (Å²) in [5.41, 5.74) is 2.34. The highest BCUT2D eigenvalue weighted by Crippen LogP contribution is 2.29. The molecule has 1 aromatic carbocycles. The molecule has 0 aliphatic rings. The summed E-state index contributed by atoms with van der Waals surface area (Å²) < 4.78 is 6.90. The number of benzene rings is 1. The summed E-state index contributed by atoms with van der Waals surface area (Å²) in [4.78, 5) is 0. The number of hydrogen-bond acceptors (Lipinski definition) is 2. The molecule has 0 aliphatic heterocycles. The Kier molecular flexibility index (Phi) is 7.17. The summed E-state index contributed by atoms with van der Waals surface area (Å²) in [6.07, 6.45) is 0.889. The van der Waals surface area contributed by atoms with Gasteiger partial charge in [0, 0.05) is 18.5 Å². The summed E-state index contributed by atoms with van der Waals surface area (Å²) in [6.45, 7) is 12.9. The van der Waals surface area contributed by atoms with E-state index in [0.29, 0.717) is 12.5 Å². The third-order valence-corrected chi connectivity index (χ3v) is 3.32. The van der Waals surface area contributed by atoms with Crippen molar-refractivity contribution in [3.8, 4) is 5.75 Å². The van der Waals surface area contributed by atoms with E-state index in [1.54, 1.807) is 0 Å². The van der Waals surface area contributed by atoms with E-state index in [1.165, 1.54) is 5.56 Å². The molecule has 0 saturated carbocycles. The lowest BCUT2D eigenvalue weighted by Gasteiger charge is -2.14. The molecule has 1 aromatic rings. The van der Waals surface area contributed by atoms with Crippen LogP contribution in [0.25, 0.3) is 0 Å². The standard InChI is InChI=1S/C16H24BrNO/c1-12(2)8-9-19-16-14(6-5-7-15(16)17)11-18-10-13(3)4/h5-7,13,18H,1,8-11H2,2-4H3. The van der Waals surface area contributed by atoms with E-state index in [4.69, 9.17) is 4.74 Å². The number of ether oxygens (including phenoxy) is 1. The van der Waals surface area contributed by atoms with Gasteiger partial charge < -0.3 is 10.1 Å². The fourth-order valence-corrected chi connectivity index (χ4v) is 2.20. The minimum Gasteiger partial charge on any atom is -0.492 e. The fraction of sp³-hybridized carbons (Fsp3) is 0.500. The smallest absolute Gasteiger partial charge is 0.137 e. The summed E-state index contributed by atoms with van der Waals surface area (Å²) >= 11 is 3.56. The van der Waals surface area contributed by atoms with Crippen LogP contribution >= 0.6 is 15.9 Å². The molecule has 0 unspecified atom stereocenters. The Hall–Kier alpha value is -0.800. The first kappa shape index (κ1) is 16.3. The first-order valence-electron chi connectivity index (χ1n) is 6.76. The van der Waals surface area contributed by atoms with Crippen molar-refractivity contribution in [1.82, 2.24) is 5.32 Å². The van der Waals surface area contributed by atoms with E-state index in [9.17, 15) is 0 Å². The molecule has 0 saturated heterocycles. The molecule has 0 aliphatic carbocycles. The molecule has 1 N–H and O–H groups in total. The maximum atomic E-state index is 5.89. The van der Waals surface area contributed by atoms with Gasteiger partial charge in [0.15, 0.2) is 0 Å². The van der Waals surface area contributed by atoms with Crippen LogP contribution in [0.5, 0.6) is 5.75 Å². The van der Waals surface area contributed by atoms with Crippen molar-refractivity contribution in [3.05, 3.63) is 40.4 Å². The quantitative estimate of drug-likeness (QED) is 0.708. The number of para-hydroxylation sites is 1. The molecule has 1 rings (SSSR count). The van der Waals surface area contributed by atoms with E-state index in [1.807, 2.05) is 19.1 Å². The van der Waals surface area contributed by atoms with Crippen molar-refractivity contribution in [2.75, 3.05) is 13.2 Å². The molecule has 0 amide bonds. The topological polar surface area (TPSA) is 21.3 Å².